The van der Waals surface area contributed by atoms with Crippen molar-refractivity contribution in [3.8, 4) is 0 Å². The average molecular weight is 823 g/mol. The molecule has 8 N–H and O–H groups in total. The summed E-state index contributed by atoms with van der Waals surface area (Å²) >= 11 is 0. The van der Waals surface area contributed by atoms with Crippen LogP contribution in [-0.4, -0.2) is 132 Å². The van der Waals surface area contributed by atoms with Crippen LogP contribution < -0.4 is 0 Å². The summed E-state index contributed by atoms with van der Waals surface area (Å²) in [6, 6.07) is 0. The number of hydrogen-bond donors (Lipinski definition) is 8. The number of ketones is 1. The van der Waals surface area contributed by atoms with Crippen molar-refractivity contribution in [2.75, 3.05) is 0 Å². The van der Waals surface area contributed by atoms with Crippen LogP contribution in [-0.2, 0) is 38.1 Å². The molecule has 6 fully saturated rings. The predicted octanol–water partition coefficient (Wildman–Crippen LogP) is 2.25. The topological polar surface area (TPSA) is 267 Å². The van der Waals surface area contributed by atoms with Crippen LogP contribution >= 0.6 is 0 Å². The molecule has 0 aromatic heterocycles. The molecule has 7 aliphatic rings. The molecule has 326 valence electrons. The summed E-state index contributed by atoms with van der Waals surface area (Å²) in [5.41, 5.74) is -1.81. The molecular weight excluding hydrogens is 760 g/mol. The van der Waals surface area contributed by atoms with E-state index in [0.717, 1.165) is 37.7 Å². The van der Waals surface area contributed by atoms with Gasteiger partial charge >= 0.3 is 17.9 Å². The Morgan fingerprint density at radius 1 is 0.690 bits per heavy atom. The molecule has 19 atom stereocenters. The normalized spacial score (nSPS) is 52.6. The number of rotatable bonds is 7. The average Bonchev–Trinajstić information content (AvgIpc) is 3.13. The van der Waals surface area contributed by atoms with Gasteiger partial charge < -0.3 is 59.8 Å². The zero-order valence-electron chi connectivity index (χ0n) is 34.4. The molecule has 0 aromatic rings. The number of ether oxygens (including phenoxy) is 4. The molecule has 58 heavy (non-hydrogen) atoms. The second-order valence-corrected chi connectivity index (χ2v) is 20.6. The molecule has 0 spiro atoms. The highest BCUT2D eigenvalue weighted by atomic mass is 16.8. The fourth-order valence-electron chi connectivity index (χ4n) is 13.4. The Kier molecular flexibility index (Phi) is 10.7. The summed E-state index contributed by atoms with van der Waals surface area (Å²) in [5, 5.41) is 83.0. The second kappa shape index (κ2) is 14.3. The van der Waals surface area contributed by atoms with Gasteiger partial charge in [-0.05, 0) is 110 Å². The van der Waals surface area contributed by atoms with Gasteiger partial charge in [-0.25, -0.2) is 9.59 Å². The molecule has 0 amide bonds. The largest absolute Gasteiger partial charge is 0.481 e. The van der Waals surface area contributed by atoms with Crippen molar-refractivity contribution in [3.63, 3.8) is 0 Å². The summed E-state index contributed by atoms with van der Waals surface area (Å²) in [6.45, 7) is 14.8. The minimum atomic E-state index is -2.05. The van der Waals surface area contributed by atoms with E-state index in [9.17, 15) is 60.0 Å². The van der Waals surface area contributed by atoms with E-state index in [1.165, 1.54) is 0 Å². The van der Waals surface area contributed by atoms with E-state index in [-0.39, 0.29) is 34.4 Å². The minimum Gasteiger partial charge on any atom is -0.481 e. The van der Waals surface area contributed by atoms with E-state index in [1.54, 1.807) is 0 Å². The lowest BCUT2D eigenvalue weighted by atomic mass is 9.33. The van der Waals surface area contributed by atoms with Crippen LogP contribution in [0.4, 0.5) is 0 Å². The lowest BCUT2D eigenvalue weighted by Gasteiger charge is -2.70. The number of carboxylic acids is 3. The van der Waals surface area contributed by atoms with E-state index >= 15 is 0 Å². The fourth-order valence-corrected chi connectivity index (χ4v) is 13.4. The monoisotopic (exact) mass is 822 g/mol. The standard InChI is InChI=1S/C42H62O16/c1-37(2)21-8-11-42(7)31(20(43)16-18-19-17-39(4,36(53)54)13-12-38(19,3)14-15-41(18,42)6)40(21,5)10-9-22(37)55-35-30(26(47)25(46)29(57-35)33(51)52)58-34-27(48)23(44)24(45)28(56-34)32(49)50/h16,19,21-31,34-35,44-48H,8-15,17H2,1-7H3,(H,49,50)(H,51,52)(H,53,54)/t19-,21-,22?,23+,24-,25-,26+,27+,28-,29-,30+,31-,34+,35-,38+,39-,40-,41-,42+/m0/s1. The Labute approximate surface area is 337 Å². The molecule has 2 saturated heterocycles. The molecule has 0 radical (unpaired) electrons. The van der Waals surface area contributed by atoms with Crippen LogP contribution in [0.15, 0.2) is 11.6 Å². The summed E-state index contributed by atoms with van der Waals surface area (Å²) in [4.78, 5) is 51.3. The van der Waals surface area contributed by atoms with Crippen LogP contribution in [0.3, 0.4) is 0 Å². The van der Waals surface area contributed by atoms with Crippen LogP contribution in [0, 0.1) is 50.2 Å². The molecule has 4 saturated carbocycles. The highest BCUT2D eigenvalue weighted by Gasteiger charge is 2.71. The van der Waals surface area contributed by atoms with Gasteiger partial charge in [-0.15, -0.1) is 0 Å². The highest BCUT2D eigenvalue weighted by molar-refractivity contribution is 5.95. The first-order valence-electron chi connectivity index (χ1n) is 20.7. The molecular formula is C42H62O16. The maximum atomic E-state index is 14.8. The highest BCUT2D eigenvalue weighted by Crippen LogP contribution is 2.75. The smallest absolute Gasteiger partial charge is 0.335 e. The molecule has 1 unspecified atom stereocenters. The first-order chi connectivity index (χ1) is 26.8. The van der Waals surface area contributed by atoms with Crippen molar-refractivity contribution < 1.29 is 79.0 Å². The first kappa shape index (κ1) is 43.5. The number of carbonyl (C=O) groups is 4. The van der Waals surface area contributed by atoms with E-state index < -0.39 is 107 Å². The molecule has 16 heteroatoms. The van der Waals surface area contributed by atoms with E-state index in [2.05, 4.69) is 27.7 Å². The number of fused-ring (bicyclic) bond motifs is 7. The number of aliphatic hydroxyl groups is 5. The number of hydrogen-bond acceptors (Lipinski definition) is 13. The van der Waals surface area contributed by atoms with Crippen LogP contribution in [0.1, 0.15) is 106 Å². The molecule has 0 bridgehead atoms. The van der Waals surface area contributed by atoms with Crippen molar-refractivity contribution in [1.29, 1.82) is 0 Å². The maximum Gasteiger partial charge on any atom is 0.335 e. The predicted molar refractivity (Wildman–Crippen MR) is 199 cm³/mol. The third-order valence-corrected chi connectivity index (χ3v) is 17.2. The van der Waals surface area contributed by atoms with Crippen molar-refractivity contribution >= 4 is 23.7 Å². The number of aliphatic hydroxyl groups excluding tert-OH is 5. The van der Waals surface area contributed by atoms with Gasteiger partial charge in [0.15, 0.2) is 30.6 Å². The number of aliphatic carboxylic acids is 3. The zero-order valence-corrected chi connectivity index (χ0v) is 34.4. The first-order valence-corrected chi connectivity index (χ1v) is 20.7. The van der Waals surface area contributed by atoms with Gasteiger partial charge in [0.05, 0.1) is 11.5 Å². The minimum absolute atomic E-state index is 0.0217. The van der Waals surface area contributed by atoms with Gasteiger partial charge in [-0.2, -0.15) is 0 Å². The Bertz CT molecular complexity index is 1730. The summed E-state index contributed by atoms with van der Waals surface area (Å²) in [5.74, 6) is -4.47. The summed E-state index contributed by atoms with van der Waals surface area (Å²) in [7, 11) is 0. The van der Waals surface area contributed by atoms with Crippen LogP contribution in [0.25, 0.3) is 0 Å². The Hall–Kier alpha value is -2.54. The zero-order chi connectivity index (χ0) is 42.9. The maximum absolute atomic E-state index is 14.8. The van der Waals surface area contributed by atoms with Gasteiger partial charge in [-0.3, -0.25) is 9.59 Å². The number of allylic oxidation sites excluding steroid dienone is 2. The van der Waals surface area contributed by atoms with E-state index in [1.807, 2.05) is 26.8 Å². The number of carboxylic acid groups (broad SMARTS) is 3. The van der Waals surface area contributed by atoms with E-state index in [4.69, 9.17) is 18.9 Å². The number of carbonyl (C=O) groups excluding carboxylic acids is 1. The summed E-state index contributed by atoms with van der Waals surface area (Å²) < 4.78 is 23.4. The molecule has 7 rings (SSSR count). The van der Waals surface area contributed by atoms with Crippen molar-refractivity contribution in [3.05, 3.63) is 11.6 Å². The van der Waals surface area contributed by atoms with Gasteiger partial charge in [-0.1, -0.05) is 47.1 Å². The van der Waals surface area contributed by atoms with Gasteiger partial charge in [0.1, 0.15) is 36.6 Å². The molecule has 5 aliphatic carbocycles. The second-order valence-electron chi connectivity index (χ2n) is 20.6. The van der Waals surface area contributed by atoms with Crippen molar-refractivity contribution in [1.82, 2.24) is 0 Å². The Morgan fingerprint density at radius 3 is 1.88 bits per heavy atom. The molecule has 2 heterocycles. The van der Waals surface area contributed by atoms with Gasteiger partial charge in [0, 0.05) is 5.92 Å². The lowest BCUT2D eigenvalue weighted by molar-refractivity contribution is -0.371. The third-order valence-electron chi connectivity index (χ3n) is 17.2. The summed E-state index contributed by atoms with van der Waals surface area (Å²) in [6.07, 6.45) is -12.2. The van der Waals surface area contributed by atoms with Crippen molar-refractivity contribution in [2.45, 2.75) is 174 Å². The molecule has 2 aliphatic heterocycles. The van der Waals surface area contributed by atoms with Gasteiger partial charge in [0.2, 0.25) is 0 Å². The lowest BCUT2D eigenvalue weighted by Crippen LogP contribution is -2.68. The Morgan fingerprint density at radius 2 is 1.28 bits per heavy atom. The quantitative estimate of drug-likeness (QED) is 0.171. The van der Waals surface area contributed by atoms with Crippen LogP contribution in [0.5, 0.6) is 0 Å². The van der Waals surface area contributed by atoms with Crippen molar-refractivity contribution in [2.24, 2.45) is 50.2 Å². The Balaban J connectivity index is 1.17. The van der Waals surface area contributed by atoms with Crippen LogP contribution in [0.2, 0.25) is 0 Å². The SMILES string of the molecule is CC1(C)C(O[C@H]2O[C@H](C(=O)O)[C@@H](O)[C@@H](O)[C@H]2O[C@H]2O[C@H](C(=O)O)[C@@H](O)[C@@H](O)[C@H]2O)CC[C@@]2(C)[C@H]1CC[C@]1(C)[C@H]2C(=O)C=C2[C@@H]3C[C@@](C)(C(=O)O)CC[C@]3(C)CC[C@@]21C. The van der Waals surface area contributed by atoms with Gasteiger partial charge in [0.25, 0.3) is 0 Å². The fraction of sp³-hybridized carbons (Fsp3) is 0.857. The molecule has 0 aromatic carbocycles. The molecule has 16 nitrogen and oxygen atoms in total. The van der Waals surface area contributed by atoms with E-state index in [0.29, 0.717) is 25.7 Å². The third kappa shape index (κ3) is 6.25.